The van der Waals surface area contributed by atoms with Crippen LogP contribution in [0.4, 0.5) is 0 Å². The lowest BCUT2D eigenvalue weighted by molar-refractivity contribution is -0.140. The maximum atomic E-state index is 10.9. The molecule has 0 N–H and O–H groups in total. The van der Waals surface area contributed by atoms with Crippen LogP contribution in [0.5, 0.6) is 0 Å². The first-order valence-corrected chi connectivity index (χ1v) is 9.81. The van der Waals surface area contributed by atoms with Crippen LogP contribution in [0.15, 0.2) is 24.3 Å². The second-order valence-corrected chi connectivity index (χ2v) is 6.64. The summed E-state index contributed by atoms with van der Waals surface area (Å²) in [6, 6.07) is 0. The molecule has 1 aliphatic rings. The molecule has 1 heterocycles. The quantitative estimate of drug-likeness (QED) is 0.156. The van der Waals surface area contributed by atoms with E-state index >= 15 is 0 Å². The highest BCUT2D eigenvalue weighted by atomic mass is 16.6. The van der Waals surface area contributed by atoms with E-state index in [2.05, 4.69) is 29.0 Å². The number of unbranched alkanes of at least 4 members (excludes halogenated alkanes) is 8. The van der Waals surface area contributed by atoms with E-state index in [-0.39, 0.29) is 5.97 Å². The van der Waals surface area contributed by atoms with E-state index in [0.29, 0.717) is 12.5 Å². The van der Waals surface area contributed by atoms with Crippen LogP contribution in [0.2, 0.25) is 0 Å². The van der Waals surface area contributed by atoms with E-state index in [0.717, 1.165) is 19.4 Å². The average molecular weight is 337 g/mol. The van der Waals surface area contributed by atoms with Crippen LogP contribution in [0.3, 0.4) is 0 Å². The Morgan fingerprint density at radius 1 is 0.875 bits per heavy atom. The molecule has 3 nitrogen and oxygen atoms in total. The highest BCUT2D eigenvalue weighted by Crippen LogP contribution is 2.16. The topological polar surface area (TPSA) is 38.8 Å². The van der Waals surface area contributed by atoms with Crippen molar-refractivity contribution in [3.8, 4) is 0 Å². The molecule has 0 aliphatic carbocycles. The van der Waals surface area contributed by atoms with E-state index in [1.54, 1.807) is 0 Å². The van der Waals surface area contributed by atoms with Crippen molar-refractivity contribution in [3.05, 3.63) is 24.3 Å². The Hall–Kier alpha value is -1.09. The van der Waals surface area contributed by atoms with Crippen molar-refractivity contribution < 1.29 is 14.3 Å². The van der Waals surface area contributed by atoms with E-state index in [1.807, 2.05) is 0 Å². The third kappa shape index (κ3) is 14.5. The zero-order valence-electron chi connectivity index (χ0n) is 15.5. The predicted molar refractivity (Wildman–Crippen MR) is 100 cm³/mol. The molecule has 1 fully saturated rings. The molecule has 1 saturated heterocycles. The minimum Gasteiger partial charge on any atom is -0.469 e. The zero-order valence-corrected chi connectivity index (χ0v) is 15.5. The maximum absolute atomic E-state index is 10.9. The van der Waals surface area contributed by atoms with E-state index in [9.17, 15) is 4.79 Å². The van der Waals surface area contributed by atoms with Crippen molar-refractivity contribution in [1.82, 2.24) is 0 Å². The standard InChI is InChI=1S/C21H36O3/c1-23-21(22)18-16-14-12-10-8-6-4-2-3-5-7-9-11-13-15-17-20-19-24-20/h9-12,20H,2-8,13-19H2,1H3/b11-9-,12-10-. The van der Waals surface area contributed by atoms with Gasteiger partial charge in [0.25, 0.3) is 0 Å². The van der Waals surface area contributed by atoms with Crippen molar-refractivity contribution in [2.24, 2.45) is 0 Å². The third-order valence-electron chi connectivity index (χ3n) is 4.35. The number of hydrogen-bond donors (Lipinski definition) is 0. The van der Waals surface area contributed by atoms with Crippen molar-refractivity contribution in [2.75, 3.05) is 13.7 Å². The number of allylic oxidation sites excluding steroid dienone is 4. The van der Waals surface area contributed by atoms with Gasteiger partial charge < -0.3 is 9.47 Å². The van der Waals surface area contributed by atoms with E-state index in [1.165, 1.54) is 71.3 Å². The summed E-state index contributed by atoms with van der Waals surface area (Å²) in [5.74, 6) is -0.105. The Labute approximate surface area is 148 Å². The summed E-state index contributed by atoms with van der Waals surface area (Å²) in [5.41, 5.74) is 0. The smallest absolute Gasteiger partial charge is 0.305 e. The molecule has 0 saturated carbocycles. The first-order chi connectivity index (χ1) is 11.8. The number of carbonyl (C=O) groups is 1. The number of esters is 1. The summed E-state index contributed by atoms with van der Waals surface area (Å²) in [6.07, 6.45) is 24.9. The van der Waals surface area contributed by atoms with Gasteiger partial charge in [0.05, 0.1) is 19.8 Å². The van der Waals surface area contributed by atoms with Gasteiger partial charge in [0, 0.05) is 6.42 Å². The van der Waals surface area contributed by atoms with Crippen molar-refractivity contribution in [1.29, 1.82) is 0 Å². The second-order valence-electron chi connectivity index (χ2n) is 6.64. The number of ether oxygens (including phenoxy) is 2. The molecule has 1 unspecified atom stereocenters. The van der Waals surface area contributed by atoms with Crippen molar-refractivity contribution in [3.63, 3.8) is 0 Å². The largest absolute Gasteiger partial charge is 0.469 e. The van der Waals surface area contributed by atoms with Gasteiger partial charge in [-0.1, -0.05) is 43.6 Å². The molecule has 0 aromatic heterocycles. The van der Waals surface area contributed by atoms with Gasteiger partial charge in [-0.3, -0.25) is 4.79 Å². The average Bonchev–Trinajstić information content (AvgIpc) is 3.41. The minimum absolute atomic E-state index is 0.105. The zero-order chi connectivity index (χ0) is 17.3. The van der Waals surface area contributed by atoms with E-state index in [4.69, 9.17) is 4.74 Å². The lowest BCUT2D eigenvalue weighted by Gasteiger charge is -1.99. The van der Waals surface area contributed by atoms with Crippen LogP contribution in [-0.2, 0) is 14.3 Å². The van der Waals surface area contributed by atoms with Gasteiger partial charge in [-0.15, -0.1) is 0 Å². The number of hydrogen-bond acceptors (Lipinski definition) is 3. The Bertz CT molecular complexity index is 356. The highest BCUT2D eigenvalue weighted by molar-refractivity contribution is 5.68. The van der Waals surface area contributed by atoms with Gasteiger partial charge in [0.15, 0.2) is 0 Å². The molecule has 0 radical (unpaired) electrons. The third-order valence-corrected chi connectivity index (χ3v) is 4.35. The fourth-order valence-electron chi connectivity index (χ4n) is 2.69. The van der Waals surface area contributed by atoms with Crippen LogP contribution >= 0.6 is 0 Å². The lowest BCUT2D eigenvalue weighted by atomic mass is 10.1. The van der Waals surface area contributed by atoms with Crippen molar-refractivity contribution >= 4 is 5.97 Å². The summed E-state index contributed by atoms with van der Waals surface area (Å²) in [7, 11) is 1.44. The van der Waals surface area contributed by atoms with E-state index < -0.39 is 0 Å². The molecular weight excluding hydrogens is 300 g/mol. The lowest BCUT2D eigenvalue weighted by Crippen LogP contribution is -1.98. The Balaban J connectivity index is 1.72. The molecule has 138 valence electrons. The Morgan fingerprint density at radius 3 is 1.92 bits per heavy atom. The normalized spacial score (nSPS) is 17.0. The maximum Gasteiger partial charge on any atom is 0.305 e. The van der Waals surface area contributed by atoms with Crippen LogP contribution in [-0.4, -0.2) is 25.8 Å². The second kappa shape index (κ2) is 15.4. The van der Waals surface area contributed by atoms with Gasteiger partial charge in [-0.25, -0.2) is 0 Å². The molecule has 1 rings (SSSR count). The summed E-state index contributed by atoms with van der Waals surface area (Å²) in [4.78, 5) is 10.9. The van der Waals surface area contributed by atoms with Gasteiger partial charge in [0.2, 0.25) is 0 Å². The number of methoxy groups -OCH3 is 1. The van der Waals surface area contributed by atoms with Gasteiger partial charge in [0.1, 0.15) is 0 Å². The van der Waals surface area contributed by atoms with Crippen LogP contribution in [0.1, 0.15) is 83.5 Å². The number of epoxide rings is 1. The van der Waals surface area contributed by atoms with Crippen LogP contribution in [0.25, 0.3) is 0 Å². The van der Waals surface area contributed by atoms with Gasteiger partial charge >= 0.3 is 5.97 Å². The molecule has 24 heavy (non-hydrogen) atoms. The van der Waals surface area contributed by atoms with Crippen LogP contribution in [0, 0.1) is 0 Å². The summed E-state index contributed by atoms with van der Waals surface area (Å²) < 4.78 is 9.81. The fourth-order valence-corrected chi connectivity index (χ4v) is 2.69. The highest BCUT2D eigenvalue weighted by Gasteiger charge is 2.20. The summed E-state index contributed by atoms with van der Waals surface area (Å²) in [5, 5.41) is 0. The Morgan fingerprint density at radius 2 is 1.38 bits per heavy atom. The first-order valence-electron chi connectivity index (χ1n) is 9.81. The molecule has 0 amide bonds. The fraction of sp³-hybridized carbons (Fsp3) is 0.762. The monoisotopic (exact) mass is 336 g/mol. The first kappa shape index (κ1) is 21.0. The molecule has 0 bridgehead atoms. The molecular formula is C21H36O3. The molecule has 3 heteroatoms. The minimum atomic E-state index is -0.105. The SMILES string of the molecule is COC(=O)CCC/C=C\CCCCCCC/C=C\CCCC1CO1. The Kier molecular flexibility index (Phi) is 13.5. The molecule has 0 aromatic rings. The van der Waals surface area contributed by atoms with Crippen molar-refractivity contribution in [2.45, 2.75) is 89.6 Å². The van der Waals surface area contributed by atoms with Gasteiger partial charge in [-0.2, -0.15) is 0 Å². The van der Waals surface area contributed by atoms with Gasteiger partial charge in [-0.05, 0) is 57.8 Å². The summed E-state index contributed by atoms with van der Waals surface area (Å²) in [6.45, 7) is 0.995. The summed E-state index contributed by atoms with van der Waals surface area (Å²) >= 11 is 0. The van der Waals surface area contributed by atoms with Crippen LogP contribution < -0.4 is 0 Å². The molecule has 1 aliphatic heterocycles. The molecule has 1 atom stereocenters. The molecule has 0 aromatic carbocycles. The molecule has 0 spiro atoms. The number of carbonyl (C=O) groups excluding carboxylic acids is 1. The number of rotatable bonds is 16. The predicted octanol–water partition coefficient (Wildman–Crippen LogP) is 5.74.